The number of aliphatic imine (C=N–C) groups is 1. The quantitative estimate of drug-likeness (QED) is 0.813. The summed E-state index contributed by atoms with van der Waals surface area (Å²) in [4.78, 5) is 11.8. The lowest BCUT2D eigenvalue weighted by atomic mass is 9.84. The van der Waals surface area contributed by atoms with Gasteiger partial charge in [-0.25, -0.2) is 14.4 Å². The van der Waals surface area contributed by atoms with E-state index < -0.39 is 30.2 Å². The van der Waals surface area contributed by atoms with Crippen molar-refractivity contribution in [3.05, 3.63) is 48.0 Å². The number of hydrogen-bond acceptors (Lipinski definition) is 6. The number of aromatic nitrogens is 2. The summed E-state index contributed by atoms with van der Waals surface area (Å²) in [6.07, 6.45) is -4.11. The monoisotopic (exact) mass is 369 g/mol. The largest absolute Gasteiger partial charge is 0.417 e. The summed E-state index contributed by atoms with van der Waals surface area (Å²) in [5.41, 5.74) is 3.49. The van der Waals surface area contributed by atoms with Crippen LogP contribution in [0.3, 0.4) is 0 Å². The maximum absolute atomic E-state index is 14.4. The summed E-state index contributed by atoms with van der Waals surface area (Å²) in [5.74, 6) is -0.786. The third kappa shape index (κ3) is 3.45. The first-order valence-electron chi connectivity index (χ1n) is 7.57. The van der Waals surface area contributed by atoms with Gasteiger partial charge in [-0.3, -0.25) is 4.99 Å². The zero-order valence-corrected chi connectivity index (χ0v) is 13.6. The van der Waals surface area contributed by atoms with E-state index in [9.17, 15) is 17.6 Å². The van der Waals surface area contributed by atoms with E-state index in [-0.39, 0.29) is 17.3 Å². The van der Waals surface area contributed by atoms with Crippen molar-refractivity contribution in [1.82, 2.24) is 9.97 Å². The first-order chi connectivity index (χ1) is 12.2. The third-order valence-electron chi connectivity index (χ3n) is 3.92. The van der Waals surface area contributed by atoms with Crippen LogP contribution in [0.2, 0.25) is 0 Å². The smallest absolute Gasteiger partial charge is 0.386 e. The van der Waals surface area contributed by atoms with Crippen molar-refractivity contribution in [1.29, 1.82) is 0 Å². The fourth-order valence-electron chi connectivity index (χ4n) is 2.82. The number of rotatable bonds is 3. The fraction of sp³-hybridized carbons (Fsp3) is 0.312. The molecule has 0 amide bonds. The molecule has 1 aliphatic heterocycles. The molecule has 2 atom stereocenters. The average molecular weight is 369 g/mol. The summed E-state index contributed by atoms with van der Waals surface area (Å²) < 4.78 is 59.6. The minimum atomic E-state index is -4.75. The van der Waals surface area contributed by atoms with Gasteiger partial charge in [-0.2, -0.15) is 13.2 Å². The van der Waals surface area contributed by atoms with Gasteiger partial charge >= 0.3 is 6.18 Å². The molecule has 26 heavy (non-hydrogen) atoms. The molecule has 1 aromatic heterocycles. The van der Waals surface area contributed by atoms with Gasteiger partial charge < -0.3 is 15.8 Å². The van der Waals surface area contributed by atoms with E-state index in [0.29, 0.717) is 5.69 Å². The third-order valence-corrected chi connectivity index (χ3v) is 3.92. The molecule has 6 nitrogen and oxygen atoms in total. The Morgan fingerprint density at radius 1 is 1.27 bits per heavy atom. The number of alkyl halides is 3. The van der Waals surface area contributed by atoms with Crippen molar-refractivity contribution in [3.8, 4) is 0 Å². The maximum atomic E-state index is 14.4. The molecular weight excluding hydrogens is 354 g/mol. The van der Waals surface area contributed by atoms with E-state index in [1.54, 1.807) is 6.07 Å². The van der Waals surface area contributed by atoms with Crippen LogP contribution in [0.15, 0.2) is 41.7 Å². The number of halogens is 4. The average Bonchev–Trinajstić information content (AvgIpc) is 2.56. The normalized spacial score (nSPS) is 23.4. The second kappa shape index (κ2) is 6.52. The molecule has 0 saturated carbocycles. The standard InChI is InChI=1S/C16H15F4N5O/c1-15(13(16(18,19)20)26-8-12(21)25-15)10-7-9(3-4-11(10)17)24-14-22-5-2-6-23-14/h2-7,13H,8H2,1H3,(H2,21,25)(H,22,23,24)/t13-,15-/m1/s1. The van der Waals surface area contributed by atoms with Crippen LogP contribution < -0.4 is 11.1 Å². The van der Waals surface area contributed by atoms with Gasteiger partial charge in [0.25, 0.3) is 0 Å². The van der Waals surface area contributed by atoms with Crippen molar-refractivity contribution in [2.45, 2.75) is 24.7 Å². The van der Waals surface area contributed by atoms with E-state index in [0.717, 1.165) is 13.0 Å². The van der Waals surface area contributed by atoms with Crippen molar-refractivity contribution in [3.63, 3.8) is 0 Å². The zero-order valence-electron chi connectivity index (χ0n) is 13.6. The Balaban J connectivity index is 2.05. The summed E-state index contributed by atoms with van der Waals surface area (Å²) in [6, 6.07) is 5.22. The molecule has 0 aliphatic carbocycles. The minimum absolute atomic E-state index is 0.142. The molecule has 3 rings (SSSR count). The first-order valence-corrected chi connectivity index (χ1v) is 7.57. The molecule has 138 valence electrons. The van der Waals surface area contributed by atoms with Gasteiger partial charge in [-0.1, -0.05) is 0 Å². The molecule has 1 aliphatic rings. The number of ether oxygens (including phenoxy) is 1. The van der Waals surface area contributed by atoms with Crippen LogP contribution in [0.1, 0.15) is 12.5 Å². The van der Waals surface area contributed by atoms with Crippen LogP contribution in [-0.4, -0.2) is 34.7 Å². The van der Waals surface area contributed by atoms with Crippen molar-refractivity contribution in [2.75, 3.05) is 11.9 Å². The number of nitrogens with two attached hydrogens (primary N) is 1. The first kappa shape index (κ1) is 18.1. The summed E-state index contributed by atoms with van der Waals surface area (Å²) >= 11 is 0. The number of nitrogens with zero attached hydrogens (tertiary/aromatic N) is 3. The van der Waals surface area contributed by atoms with E-state index in [1.807, 2.05) is 0 Å². The lowest BCUT2D eigenvalue weighted by Crippen LogP contribution is -2.53. The van der Waals surface area contributed by atoms with Crippen LogP contribution in [0.5, 0.6) is 0 Å². The van der Waals surface area contributed by atoms with E-state index in [4.69, 9.17) is 10.5 Å². The zero-order chi connectivity index (χ0) is 18.9. The van der Waals surface area contributed by atoms with E-state index in [2.05, 4.69) is 20.3 Å². The minimum Gasteiger partial charge on any atom is -0.386 e. The van der Waals surface area contributed by atoms with Crippen molar-refractivity contribution < 1.29 is 22.3 Å². The molecule has 2 heterocycles. The molecule has 0 radical (unpaired) electrons. The Labute approximate surface area is 146 Å². The topological polar surface area (TPSA) is 85.4 Å². The van der Waals surface area contributed by atoms with Gasteiger partial charge in [0.15, 0.2) is 6.10 Å². The Hall–Kier alpha value is -2.75. The van der Waals surface area contributed by atoms with Gasteiger partial charge in [0.05, 0.1) is 0 Å². The second-order valence-electron chi connectivity index (χ2n) is 5.88. The summed E-state index contributed by atoms with van der Waals surface area (Å²) in [5, 5.41) is 2.80. The molecule has 2 aromatic rings. The Kier molecular flexibility index (Phi) is 4.53. The molecule has 0 spiro atoms. The highest BCUT2D eigenvalue weighted by molar-refractivity contribution is 5.83. The summed E-state index contributed by atoms with van der Waals surface area (Å²) in [7, 11) is 0. The lowest BCUT2D eigenvalue weighted by molar-refractivity contribution is -0.238. The van der Waals surface area contributed by atoms with Crippen LogP contribution in [0.4, 0.5) is 29.2 Å². The molecule has 0 unspecified atom stereocenters. The Morgan fingerprint density at radius 2 is 1.96 bits per heavy atom. The number of hydrogen-bond donors (Lipinski definition) is 2. The van der Waals surface area contributed by atoms with Gasteiger partial charge in [0, 0.05) is 23.6 Å². The predicted octanol–water partition coefficient (Wildman–Crippen LogP) is 2.89. The summed E-state index contributed by atoms with van der Waals surface area (Å²) in [6.45, 7) is 0.662. The SMILES string of the molecule is C[C@]1(c2cc(Nc3ncccn3)ccc2F)N=C(N)CO[C@H]1C(F)(F)F. The number of benzene rings is 1. The molecule has 1 aromatic carbocycles. The molecule has 10 heteroatoms. The lowest BCUT2D eigenvalue weighted by Gasteiger charge is -2.39. The molecule has 3 N–H and O–H groups in total. The van der Waals surface area contributed by atoms with Crippen molar-refractivity contribution >= 4 is 17.5 Å². The maximum Gasteiger partial charge on any atom is 0.417 e. The van der Waals surface area contributed by atoms with Gasteiger partial charge in [-0.05, 0) is 31.2 Å². The predicted molar refractivity (Wildman–Crippen MR) is 86.5 cm³/mol. The van der Waals surface area contributed by atoms with Crippen LogP contribution >= 0.6 is 0 Å². The highest BCUT2D eigenvalue weighted by atomic mass is 19.4. The highest BCUT2D eigenvalue weighted by Crippen LogP contribution is 2.43. The molecule has 0 bridgehead atoms. The Bertz CT molecular complexity index is 827. The second-order valence-corrected chi connectivity index (χ2v) is 5.88. The van der Waals surface area contributed by atoms with Crippen molar-refractivity contribution in [2.24, 2.45) is 10.7 Å². The number of nitrogens with one attached hydrogen (secondary N) is 1. The van der Waals surface area contributed by atoms with E-state index >= 15 is 0 Å². The molecular formula is C16H15F4N5O. The molecule has 0 fully saturated rings. The Morgan fingerprint density at radius 3 is 2.62 bits per heavy atom. The van der Waals surface area contributed by atoms with Gasteiger partial charge in [-0.15, -0.1) is 0 Å². The fourth-order valence-corrected chi connectivity index (χ4v) is 2.82. The molecule has 0 saturated heterocycles. The highest BCUT2D eigenvalue weighted by Gasteiger charge is 2.56. The van der Waals surface area contributed by atoms with Crippen LogP contribution in [0, 0.1) is 5.82 Å². The number of anilines is 2. The van der Waals surface area contributed by atoms with Crippen LogP contribution in [-0.2, 0) is 10.3 Å². The van der Waals surface area contributed by atoms with E-state index in [1.165, 1.54) is 24.5 Å². The van der Waals surface area contributed by atoms with Crippen LogP contribution in [0.25, 0.3) is 0 Å². The number of amidine groups is 1. The van der Waals surface area contributed by atoms with Gasteiger partial charge in [0.2, 0.25) is 5.95 Å². The van der Waals surface area contributed by atoms with Gasteiger partial charge in [0.1, 0.15) is 23.8 Å².